The second-order valence-electron chi connectivity index (χ2n) is 4.38. The van der Waals surface area contributed by atoms with Crippen LogP contribution in [0.2, 0.25) is 0 Å². The molecule has 2 rings (SSSR count). The lowest BCUT2D eigenvalue weighted by Gasteiger charge is -2.08. The Bertz CT molecular complexity index is 492. The Labute approximate surface area is 120 Å². The second kappa shape index (κ2) is 6.50. The highest BCUT2D eigenvalue weighted by atomic mass is 79.9. The molecule has 0 fully saturated rings. The number of rotatable bonds is 6. The largest absolute Gasteiger partial charge is 0.306 e. The van der Waals surface area contributed by atoms with Gasteiger partial charge in [0.05, 0.1) is 5.69 Å². The molecular weight excluding hydrogens is 310 g/mol. The molecule has 3 nitrogen and oxygen atoms in total. The maximum absolute atomic E-state index is 4.57. The third-order valence-electron chi connectivity index (χ3n) is 2.93. The van der Waals surface area contributed by atoms with Crippen molar-refractivity contribution < 1.29 is 0 Å². The van der Waals surface area contributed by atoms with Crippen molar-refractivity contribution in [1.82, 2.24) is 15.1 Å². The third-order valence-corrected chi connectivity index (χ3v) is 4.63. The minimum absolute atomic E-state index is 0.479. The molecule has 2 aromatic heterocycles. The molecule has 18 heavy (non-hydrogen) atoms. The molecule has 0 bridgehead atoms. The Balaban J connectivity index is 1.81. The molecule has 5 heteroatoms. The highest BCUT2D eigenvalue weighted by molar-refractivity contribution is 9.10. The molecule has 1 unspecified atom stereocenters. The van der Waals surface area contributed by atoms with Crippen LogP contribution in [0.15, 0.2) is 28.2 Å². The van der Waals surface area contributed by atoms with Gasteiger partial charge in [-0.1, -0.05) is 6.92 Å². The van der Waals surface area contributed by atoms with E-state index in [1.165, 1.54) is 4.88 Å². The van der Waals surface area contributed by atoms with Crippen LogP contribution in [0.1, 0.15) is 36.9 Å². The van der Waals surface area contributed by atoms with Crippen molar-refractivity contribution in [3.05, 3.63) is 38.8 Å². The molecule has 2 heterocycles. The van der Waals surface area contributed by atoms with Crippen molar-refractivity contribution in [2.24, 2.45) is 0 Å². The second-order valence-corrected chi connectivity index (χ2v) is 6.29. The summed E-state index contributed by atoms with van der Waals surface area (Å²) in [6, 6.07) is 4.71. The van der Waals surface area contributed by atoms with Crippen molar-refractivity contribution in [2.45, 2.75) is 39.4 Å². The summed E-state index contributed by atoms with van der Waals surface area (Å²) in [5, 5.41) is 10.1. The molecule has 0 aliphatic heterocycles. The molecule has 0 aliphatic carbocycles. The Morgan fingerprint density at radius 2 is 2.33 bits per heavy atom. The van der Waals surface area contributed by atoms with Crippen LogP contribution in [0, 0.1) is 0 Å². The van der Waals surface area contributed by atoms with E-state index in [0.717, 1.165) is 29.7 Å². The molecule has 0 saturated heterocycles. The lowest BCUT2D eigenvalue weighted by atomic mass is 10.3. The van der Waals surface area contributed by atoms with Crippen LogP contribution in [0.5, 0.6) is 0 Å². The maximum Gasteiger partial charge on any atom is 0.0762 e. The fraction of sp³-hybridized carbons (Fsp3) is 0.462. The minimum Gasteiger partial charge on any atom is -0.306 e. The van der Waals surface area contributed by atoms with E-state index in [2.05, 4.69) is 63.9 Å². The van der Waals surface area contributed by atoms with Gasteiger partial charge in [0.25, 0.3) is 0 Å². The van der Waals surface area contributed by atoms with E-state index in [4.69, 9.17) is 0 Å². The average Bonchev–Trinajstić information content (AvgIpc) is 2.98. The first kappa shape index (κ1) is 13.8. The number of thiophene rings is 1. The average molecular weight is 328 g/mol. The van der Waals surface area contributed by atoms with Gasteiger partial charge < -0.3 is 5.32 Å². The zero-order valence-corrected chi connectivity index (χ0v) is 13.1. The summed E-state index contributed by atoms with van der Waals surface area (Å²) in [5.41, 5.74) is 1.10. The summed E-state index contributed by atoms with van der Waals surface area (Å²) in [5.74, 6) is 0. The third kappa shape index (κ3) is 3.67. The number of nitrogens with one attached hydrogen (secondary N) is 1. The summed E-state index contributed by atoms with van der Waals surface area (Å²) < 4.78 is 3.20. The summed E-state index contributed by atoms with van der Waals surface area (Å²) in [6.07, 6.45) is 3.17. The van der Waals surface area contributed by atoms with Gasteiger partial charge in [0, 0.05) is 40.1 Å². The predicted molar refractivity (Wildman–Crippen MR) is 79.8 cm³/mol. The van der Waals surface area contributed by atoms with E-state index < -0.39 is 0 Å². The Morgan fingerprint density at radius 3 is 3.00 bits per heavy atom. The number of hydrogen-bond donors (Lipinski definition) is 1. The van der Waals surface area contributed by atoms with Crippen molar-refractivity contribution in [1.29, 1.82) is 0 Å². The molecule has 0 aromatic carbocycles. The van der Waals surface area contributed by atoms with E-state index in [1.54, 1.807) is 11.3 Å². The first-order valence-electron chi connectivity index (χ1n) is 6.16. The lowest BCUT2D eigenvalue weighted by molar-refractivity contribution is 0.471. The van der Waals surface area contributed by atoms with Gasteiger partial charge in [-0.3, -0.25) is 4.68 Å². The van der Waals surface area contributed by atoms with Gasteiger partial charge in [-0.15, -0.1) is 11.3 Å². The van der Waals surface area contributed by atoms with Crippen molar-refractivity contribution >= 4 is 27.3 Å². The molecule has 0 aliphatic rings. The van der Waals surface area contributed by atoms with Crippen LogP contribution in [0.25, 0.3) is 0 Å². The standard InChI is InChI=1S/C13H18BrN3S/c1-3-10(2)17-5-4-12(16-17)7-15-8-13-6-11(14)9-18-13/h4-6,9-10,15H,3,7-8H2,1-2H3. The monoisotopic (exact) mass is 327 g/mol. The van der Waals surface area contributed by atoms with Crippen molar-refractivity contribution in [3.63, 3.8) is 0 Å². The summed E-state index contributed by atoms with van der Waals surface area (Å²) >= 11 is 5.23. The van der Waals surface area contributed by atoms with Crippen LogP contribution < -0.4 is 5.32 Å². The molecule has 2 aromatic rings. The van der Waals surface area contributed by atoms with E-state index in [0.29, 0.717) is 6.04 Å². The number of halogens is 1. The quantitative estimate of drug-likeness (QED) is 0.870. The van der Waals surface area contributed by atoms with Gasteiger partial charge in [0.2, 0.25) is 0 Å². The molecule has 98 valence electrons. The van der Waals surface area contributed by atoms with Gasteiger partial charge in [0.15, 0.2) is 0 Å². The zero-order chi connectivity index (χ0) is 13.0. The molecule has 1 atom stereocenters. The highest BCUT2D eigenvalue weighted by Crippen LogP contribution is 2.19. The fourth-order valence-electron chi connectivity index (χ4n) is 1.66. The van der Waals surface area contributed by atoms with E-state index in [9.17, 15) is 0 Å². The summed E-state index contributed by atoms with van der Waals surface area (Å²) in [6.45, 7) is 6.08. The molecule has 0 amide bonds. The Kier molecular flexibility index (Phi) is 4.97. The van der Waals surface area contributed by atoms with Gasteiger partial charge in [-0.05, 0) is 41.4 Å². The van der Waals surface area contributed by atoms with E-state index >= 15 is 0 Å². The van der Waals surface area contributed by atoms with Crippen molar-refractivity contribution in [3.8, 4) is 0 Å². The van der Waals surface area contributed by atoms with Gasteiger partial charge in [-0.25, -0.2) is 0 Å². The molecular formula is C13H18BrN3S. The van der Waals surface area contributed by atoms with Crippen LogP contribution in [-0.4, -0.2) is 9.78 Å². The summed E-state index contributed by atoms with van der Waals surface area (Å²) in [4.78, 5) is 1.34. The molecule has 0 radical (unpaired) electrons. The lowest BCUT2D eigenvalue weighted by Crippen LogP contribution is -2.13. The van der Waals surface area contributed by atoms with Crippen LogP contribution in [-0.2, 0) is 13.1 Å². The first-order valence-corrected chi connectivity index (χ1v) is 7.84. The van der Waals surface area contributed by atoms with E-state index in [1.807, 2.05) is 4.68 Å². The van der Waals surface area contributed by atoms with Gasteiger partial charge >= 0.3 is 0 Å². The van der Waals surface area contributed by atoms with Crippen LogP contribution >= 0.6 is 27.3 Å². The number of hydrogen-bond acceptors (Lipinski definition) is 3. The fourth-order valence-corrected chi connectivity index (χ4v) is 3.09. The topological polar surface area (TPSA) is 29.9 Å². The smallest absolute Gasteiger partial charge is 0.0762 e. The Morgan fingerprint density at radius 1 is 1.50 bits per heavy atom. The minimum atomic E-state index is 0.479. The molecule has 1 N–H and O–H groups in total. The van der Waals surface area contributed by atoms with Gasteiger partial charge in [-0.2, -0.15) is 5.10 Å². The van der Waals surface area contributed by atoms with Crippen LogP contribution in [0.3, 0.4) is 0 Å². The first-order chi connectivity index (χ1) is 8.69. The van der Waals surface area contributed by atoms with Gasteiger partial charge in [0.1, 0.15) is 0 Å². The Hall–Kier alpha value is -0.650. The van der Waals surface area contributed by atoms with Crippen molar-refractivity contribution in [2.75, 3.05) is 0 Å². The summed E-state index contributed by atoms with van der Waals surface area (Å²) in [7, 11) is 0. The molecule has 0 spiro atoms. The maximum atomic E-state index is 4.57. The normalized spacial score (nSPS) is 12.8. The SMILES string of the molecule is CCC(C)n1ccc(CNCc2cc(Br)cs2)n1. The zero-order valence-electron chi connectivity index (χ0n) is 10.7. The van der Waals surface area contributed by atoms with E-state index in [-0.39, 0.29) is 0 Å². The highest BCUT2D eigenvalue weighted by Gasteiger charge is 2.04. The molecule has 0 saturated carbocycles. The van der Waals surface area contributed by atoms with Crippen LogP contribution in [0.4, 0.5) is 0 Å². The number of aromatic nitrogens is 2. The predicted octanol–water partition coefficient (Wildman–Crippen LogP) is 3.97. The number of nitrogens with zero attached hydrogens (tertiary/aromatic N) is 2.